The lowest BCUT2D eigenvalue weighted by Crippen LogP contribution is -2.20. The maximum absolute atomic E-state index is 6.03. The number of hydrogen-bond donors (Lipinski definition) is 1. The second-order valence-corrected chi connectivity index (χ2v) is 7.71. The van der Waals surface area contributed by atoms with Gasteiger partial charge in [-0.05, 0) is 17.9 Å². The third-order valence-electron chi connectivity index (χ3n) is 3.08. The van der Waals surface area contributed by atoms with Crippen LogP contribution < -0.4 is 5.73 Å². The van der Waals surface area contributed by atoms with E-state index in [1.54, 1.807) is 11.3 Å². The number of nitrogens with zero attached hydrogens (tertiary/aromatic N) is 2. The first-order chi connectivity index (χ1) is 8.79. The molecule has 2 N–H and O–H groups in total. The molecule has 1 aliphatic heterocycles. The van der Waals surface area contributed by atoms with Crippen LogP contribution in [0.3, 0.4) is 0 Å². The number of thiophene rings is 1. The van der Waals surface area contributed by atoms with Crippen molar-refractivity contribution in [3.05, 3.63) is 17.3 Å². The van der Waals surface area contributed by atoms with Crippen molar-refractivity contribution in [1.29, 1.82) is 0 Å². The Bertz CT molecular complexity index is 554. The number of fused-ring (bicyclic) bond motifs is 1. The second-order valence-electron chi connectivity index (χ2n) is 4.22. The van der Waals surface area contributed by atoms with E-state index in [9.17, 15) is 0 Å². The Morgan fingerprint density at radius 2 is 2.17 bits per heavy atom. The quantitative estimate of drug-likeness (QED) is 0.918. The van der Waals surface area contributed by atoms with Crippen LogP contribution in [0.25, 0.3) is 10.2 Å². The minimum Gasteiger partial charge on any atom is -0.383 e. The molecule has 2 atom stereocenters. The van der Waals surface area contributed by atoms with Crippen molar-refractivity contribution in [3.63, 3.8) is 0 Å². The molecule has 3 nitrogen and oxygen atoms in total. The average Bonchev–Trinajstić information content (AvgIpc) is 2.87. The highest BCUT2D eigenvalue weighted by Gasteiger charge is 2.29. The first kappa shape index (κ1) is 12.6. The summed E-state index contributed by atoms with van der Waals surface area (Å²) in [5.41, 5.74) is 6.03. The molecule has 0 bridgehead atoms. The topological polar surface area (TPSA) is 51.8 Å². The molecule has 2 aromatic heterocycles. The van der Waals surface area contributed by atoms with E-state index < -0.39 is 0 Å². The Morgan fingerprint density at radius 1 is 1.33 bits per heavy atom. The number of rotatable bonds is 2. The highest BCUT2D eigenvalue weighted by molar-refractivity contribution is 8.06. The van der Waals surface area contributed by atoms with Crippen molar-refractivity contribution in [2.75, 3.05) is 17.2 Å². The molecule has 0 saturated carbocycles. The van der Waals surface area contributed by atoms with E-state index >= 15 is 0 Å². The van der Waals surface area contributed by atoms with Crippen LogP contribution in [0.2, 0.25) is 0 Å². The van der Waals surface area contributed by atoms with E-state index in [0.717, 1.165) is 22.5 Å². The van der Waals surface area contributed by atoms with Gasteiger partial charge in [-0.1, -0.05) is 6.92 Å². The number of anilines is 1. The van der Waals surface area contributed by atoms with E-state index in [-0.39, 0.29) is 0 Å². The lowest BCUT2D eigenvalue weighted by Gasteiger charge is -2.28. The third kappa shape index (κ3) is 2.21. The molecule has 0 spiro atoms. The van der Waals surface area contributed by atoms with Crippen LogP contribution in [0.15, 0.2) is 11.4 Å². The van der Waals surface area contributed by atoms with Crippen molar-refractivity contribution < 1.29 is 0 Å². The van der Waals surface area contributed by atoms with Crippen LogP contribution in [0.1, 0.15) is 24.4 Å². The van der Waals surface area contributed by atoms with Crippen LogP contribution >= 0.6 is 34.9 Å². The molecule has 1 aliphatic rings. The molecular formula is C12H15N3S3. The van der Waals surface area contributed by atoms with E-state index in [1.165, 1.54) is 11.5 Å². The molecule has 0 aliphatic carbocycles. The molecule has 18 heavy (non-hydrogen) atoms. The fourth-order valence-corrected chi connectivity index (χ4v) is 5.94. The largest absolute Gasteiger partial charge is 0.383 e. The Hall–Kier alpha value is -0.460. The lowest BCUT2D eigenvalue weighted by atomic mass is 10.2. The van der Waals surface area contributed by atoms with Gasteiger partial charge in [0.15, 0.2) is 0 Å². The Balaban J connectivity index is 2.01. The molecule has 1 fully saturated rings. The van der Waals surface area contributed by atoms with Gasteiger partial charge in [-0.2, -0.15) is 11.8 Å². The molecule has 1 saturated heterocycles. The first-order valence-corrected chi connectivity index (χ1v) is 9.01. The van der Waals surface area contributed by atoms with Crippen LogP contribution in [-0.2, 0) is 0 Å². The monoisotopic (exact) mass is 297 g/mol. The van der Waals surface area contributed by atoms with Gasteiger partial charge >= 0.3 is 0 Å². The first-order valence-electron chi connectivity index (χ1n) is 6.03. The van der Waals surface area contributed by atoms with Gasteiger partial charge in [0.2, 0.25) is 0 Å². The zero-order valence-electron chi connectivity index (χ0n) is 10.1. The fourth-order valence-electron chi connectivity index (χ4n) is 2.16. The standard InChI is InChI=1S/C12H15N3S3/c1-2-8-9(17-6-5-16-8)11-14-10(13)7-3-4-18-12(7)15-11/h3-4,8-9H,2,5-6H2,1H3,(H2,13,14,15). The second kappa shape index (κ2) is 5.27. The number of thioether (sulfide) groups is 2. The van der Waals surface area contributed by atoms with Gasteiger partial charge < -0.3 is 5.73 Å². The number of nitrogens with two attached hydrogens (primary N) is 1. The maximum Gasteiger partial charge on any atom is 0.146 e. The molecule has 3 heterocycles. The molecule has 0 amide bonds. The smallest absolute Gasteiger partial charge is 0.146 e. The van der Waals surface area contributed by atoms with Crippen LogP contribution in [0, 0.1) is 0 Å². The van der Waals surface area contributed by atoms with Gasteiger partial charge in [-0.3, -0.25) is 0 Å². The number of hydrogen-bond acceptors (Lipinski definition) is 6. The minimum absolute atomic E-state index is 0.391. The Kier molecular flexibility index (Phi) is 3.68. The summed E-state index contributed by atoms with van der Waals surface area (Å²) in [5, 5.41) is 4.02. The van der Waals surface area contributed by atoms with Gasteiger partial charge in [-0.15, -0.1) is 23.1 Å². The summed E-state index contributed by atoms with van der Waals surface area (Å²) in [6.45, 7) is 2.24. The predicted octanol–water partition coefficient (Wildman–Crippen LogP) is 3.57. The molecular weight excluding hydrogens is 282 g/mol. The third-order valence-corrected chi connectivity index (χ3v) is 7.13. The lowest BCUT2D eigenvalue weighted by molar-refractivity contribution is 0.756. The summed E-state index contributed by atoms with van der Waals surface area (Å²) in [5.74, 6) is 3.96. The summed E-state index contributed by atoms with van der Waals surface area (Å²) >= 11 is 5.65. The normalized spacial score (nSPS) is 24.5. The van der Waals surface area contributed by atoms with Crippen LogP contribution in [-0.4, -0.2) is 26.7 Å². The molecule has 0 radical (unpaired) electrons. The molecule has 96 valence electrons. The van der Waals surface area contributed by atoms with Gasteiger partial charge in [0, 0.05) is 16.8 Å². The summed E-state index contributed by atoms with van der Waals surface area (Å²) in [7, 11) is 0. The highest BCUT2D eigenvalue weighted by Crippen LogP contribution is 2.43. The molecule has 2 unspecified atom stereocenters. The average molecular weight is 297 g/mol. The van der Waals surface area contributed by atoms with Gasteiger partial charge in [0.05, 0.1) is 10.6 Å². The van der Waals surface area contributed by atoms with E-state index in [0.29, 0.717) is 16.3 Å². The van der Waals surface area contributed by atoms with Crippen LogP contribution in [0.5, 0.6) is 0 Å². The van der Waals surface area contributed by atoms with Gasteiger partial charge in [0.25, 0.3) is 0 Å². The fraction of sp³-hybridized carbons (Fsp3) is 0.500. The van der Waals surface area contributed by atoms with Crippen molar-refractivity contribution in [3.8, 4) is 0 Å². The number of aromatic nitrogens is 2. The molecule has 0 aromatic carbocycles. The van der Waals surface area contributed by atoms with E-state index in [2.05, 4.69) is 11.9 Å². The van der Waals surface area contributed by atoms with E-state index in [4.69, 9.17) is 10.7 Å². The zero-order valence-corrected chi connectivity index (χ0v) is 12.6. The van der Waals surface area contributed by atoms with Gasteiger partial charge in [-0.25, -0.2) is 9.97 Å². The summed E-state index contributed by atoms with van der Waals surface area (Å²) < 4.78 is 0. The van der Waals surface area contributed by atoms with E-state index in [1.807, 2.05) is 35.0 Å². The van der Waals surface area contributed by atoms with Crippen molar-refractivity contribution in [2.24, 2.45) is 0 Å². The van der Waals surface area contributed by atoms with Crippen molar-refractivity contribution in [1.82, 2.24) is 9.97 Å². The summed E-state index contributed by atoms with van der Waals surface area (Å²) in [6.07, 6.45) is 1.16. The number of nitrogen functional groups attached to an aromatic ring is 1. The predicted molar refractivity (Wildman–Crippen MR) is 83.6 cm³/mol. The van der Waals surface area contributed by atoms with Crippen molar-refractivity contribution >= 4 is 50.9 Å². The van der Waals surface area contributed by atoms with Gasteiger partial charge in [0.1, 0.15) is 16.5 Å². The SMILES string of the molecule is CCC1SCCSC1c1nc(N)c2ccsc2n1. The summed E-state index contributed by atoms with van der Waals surface area (Å²) in [4.78, 5) is 10.3. The Morgan fingerprint density at radius 3 is 3.00 bits per heavy atom. The summed E-state index contributed by atoms with van der Waals surface area (Å²) in [6, 6.07) is 2.00. The van der Waals surface area contributed by atoms with Crippen molar-refractivity contribution in [2.45, 2.75) is 23.8 Å². The minimum atomic E-state index is 0.391. The zero-order chi connectivity index (χ0) is 12.5. The highest BCUT2D eigenvalue weighted by atomic mass is 32.2. The van der Waals surface area contributed by atoms with Crippen LogP contribution in [0.4, 0.5) is 5.82 Å². The molecule has 6 heteroatoms. The Labute approximate surface area is 119 Å². The molecule has 2 aromatic rings. The maximum atomic E-state index is 6.03. The molecule has 3 rings (SSSR count).